The number of aromatic nitrogens is 3. The molecule has 6 nitrogen and oxygen atoms in total. The summed E-state index contributed by atoms with van der Waals surface area (Å²) in [5.74, 6) is -0.0987. The minimum atomic E-state index is -3.90. The Morgan fingerprint density at radius 1 is 1.04 bits per heavy atom. The highest BCUT2D eigenvalue weighted by atomic mass is 32.2. The van der Waals surface area contributed by atoms with E-state index in [0.717, 1.165) is 25.7 Å². The van der Waals surface area contributed by atoms with Crippen LogP contribution in [0.2, 0.25) is 0 Å². The zero-order chi connectivity index (χ0) is 19.7. The number of sulfone groups is 1. The van der Waals surface area contributed by atoms with Crippen molar-refractivity contribution in [1.29, 1.82) is 0 Å². The van der Waals surface area contributed by atoms with Crippen molar-refractivity contribution in [2.24, 2.45) is 0 Å². The minimum absolute atomic E-state index is 0.0116. The SMILES string of the molecule is O=S(=O)(c1ccc(OC(F)F)cc1)c1cn(C2CCCCC2)c2nccnc12. The van der Waals surface area contributed by atoms with Gasteiger partial charge < -0.3 is 9.30 Å². The summed E-state index contributed by atoms with van der Waals surface area (Å²) in [6.45, 7) is -2.97. The van der Waals surface area contributed by atoms with E-state index >= 15 is 0 Å². The number of fused-ring (bicyclic) bond motifs is 1. The fourth-order valence-electron chi connectivity index (χ4n) is 3.70. The van der Waals surface area contributed by atoms with Crippen molar-refractivity contribution in [2.75, 3.05) is 0 Å². The number of alkyl halides is 2. The summed E-state index contributed by atoms with van der Waals surface area (Å²) in [5.41, 5.74) is 0.867. The van der Waals surface area contributed by atoms with E-state index in [1.54, 1.807) is 12.4 Å². The predicted molar refractivity (Wildman–Crippen MR) is 98.2 cm³/mol. The topological polar surface area (TPSA) is 74.1 Å². The molecule has 1 aliphatic rings. The van der Waals surface area contributed by atoms with E-state index in [2.05, 4.69) is 14.7 Å². The smallest absolute Gasteiger partial charge is 0.387 e. The van der Waals surface area contributed by atoms with Crippen LogP contribution >= 0.6 is 0 Å². The predicted octanol–water partition coefficient (Wildman–Crippen LogP) is 4.37. The molecule has 1 aromatic carbocycles. The van der Waals surface area contributed by atoms with Crippen molar-refractivity contribution in [2.45, 2.75) is 54.5 Å². The molecule has 0 atom stereocenters. The summed E-state index contributed by atoms with van der Waals surface area (Å²) in [6.07, 6.45) is 9.94. The number of benzene rings is 1. The molecule has 0 spiro atoms. The molecule has 1 fully saturated rings. The van der Waals surface area contributed by atoms with Gasteiger partial charge in [0.05, 0.1) is 4.90 Å². The van der Waals surface area contributed by atoms with E-state index in [1.807, 2.05) is 4.57 Å². The molecule has 0 saturated heterocycles. The fourth-order valence-corrected chi connectivity index (χ4v) is 5.10. The van der Waals surface area contributed by atoms with Gasteiger partial charge in [-0.05, 0) is 37.1 Å². The minimum Gasteiger partial charge on any atom is -0.435 e. The largest absolute Gasteiger partial charge is 0.435 e. The van der Waals surface area contributed by atoms with Gasteiger partial charge >= 0.3 is 6.61 Å². The number of ether oxygens (including phenoxy) is 1. The van der Waals surface area contributed by atoms with Gasteiger partial charge in [-0.15, -0.1) is 0 Å². The van der Waals surface area contributed by atoms with Gasteiger partial charge in [-0.2, -0.15) is 8.78 Å². The van der Waals surface area contributed by atoms with Gasteiger partial charge in [0.15, 0.2) is 5.65 Å². The first-order valence-corrected chi connectivity index (χ1v) is 10.6. The molecule has 1 aliphatic carbocycles. The molecule has 28 heavy (non-hydrogen) atoms. The first kappa shape index (κ1) is 18.8. The van der Waals surface area contributed by atoms with E-state index < -0.39 is 16.4 Å². The van der Waals surface area contributed by atoms with E-state index in [9.17, 15) is 17.2 Å². The molecule has 0 bridgehead atoms. The standard InChI is InChI=1S/C19H19F2N3O3S/c20-19(21)27-14-6-8-15(9-7-14)28(25,26)16-12-24(13-4-2-1-3-5-13)18-17(16)22-10-11-23-18/h6-13,19H,1-5H2. The lowest BCUT2D eigenvalue weighted by Gasteiger charge is -2.23. The summed E-state index contributed by atoms with van der Waals surface area (Å²) in [7, 11) is -3.90. The zero-order valence-corrected chi connectivity index (χ0v) is 15.8. The van der Waals surface area contributed by atoms with Gasteiger partial charge in [-0.25, -0.2) is 18.4 Å². The Kier molecular flexibility index (Phi) is 5.01. The molecule has 0 amide bonds. The molecule has 0 N–H and O–H groups in total. The highest BCUT2D eigenvalue weighted by molar-refractivity contribution is 7.91. The summed E-state index contributed by atoms with van der Waals surface area (Å²) < 4.78 is 57.3. The fraction of sp³-hybridized carbons (Fsp3) is 0.368. The first-order chi connectivity index (χ1) is 13.5. The van der Waals surface area contributed by atoms with E-state index in [1.165, 1.54) is 36.9 Å². The number of nitrogens with zero attached hydrogens (tertiary/aromatic N) is 3. The highest BCUT2D eigenvalue weighted by Gasteiger charge is 2.28. The van der Waals surface area contributed by atoms with Crippen LogP contribution in [-0.2, 0) is 9.84 Å². The molecule has 4 rings (SSSR count). The average Bonchev–Trinajstić information content (AvgIpc) is 3.09. The van der Waals surface area contributed by atoms with Crippen LogP contribution in [0.4, 0.5) is 8.78 Å². The third-order valence-corrected chi connectivity index (χ3v) is 6.80. The lowest BCUT2D eigenvalue weighted by Crippen LogP contribution is -2.12. The quantitative estimate of drug-likeness (QED) is 0.628. The number of halogens is 2. The highest BCUT2D eigenvalue weighted by Crippen LogP contribution is 2.35. The van der Waals surface area contributed by atoms with Crippen molar-refractivity contribution >= 4 is 21.0 Å². The van der Waals surface area contributed by atoms with Crippen LogP contribution in [-0.4, -0.2) is 29.6 Å². The first-order valence-electron chi connectivity index (χ1n) is 9.08. The van der Waals surface area contributed by atoms with Crippen molar-refractivity contribution < 1.29 is 21.9 Å². The van der Waals surface area contributed by atoms with Crippen LogP contribution < -0.4 is 4.74 Å². The molecule has 0 radical (unpaired) electrons. The van der Waals surface area contributed by atoms with Crippen molar-refractivity contribution in [3.8, 4) is 5.75 Å². The molecule has 148 valence electrons. The summed E-state index contributed by atoms with van der Waals surface area (Å²) in [6, 6.07) is 5.13. The van der Waals surface area contributed by atoms with Crippen LogP contribution in [0.25, 0.3) is 11.2 Å². The summed E-state index contributed by atoms with van der Waals surface area (Å²) >= 11 is 0. The second kappa shape index (κ2) is 7.46. The zero-order valence-electron chi connectivity index (χ0n) is 15.0. The normalized spacial score (nSPS) is 16.0. The second-order valence-electron chi connectivity index (χ2n) is 6.77. The van der Waals surface area contributed by atoms with E-state index in [-0.39, 0.29) is 21.6 Å². The molecular formula is C19H19F2N3O3S. The second-order valence-corrected chi connectivity index (χ2v) is 8.69. The lowest BCUT2D eigenvalue weighted by atomic mass is 9.95. The van der Waals surface area contributed by atoms with Crippen LogP contribution in [0, 0.1) is 0 Å². The average molecular weight is 407 g/mol. The molecule has 0 unspecified atom stereocenters. The Balaban J connectivity index is 1.77. The van der Waals surface area contributed by atoms with E-state index in [4.69, 9.17) is 0 Å². The summed E-state index contributed by atoms with van der Waals surface area (Å²) in [4.78, 5) is 8.68. The Morgan fingerprint density at radius 3 is 2.39 bits per heavy atom. The molecule has 2 heterocycles. The van der Waals surface area contributed by atoms with Crippen molar-refractivity contribution in [3.63, 3.8) is 0 Å². The Labute approximate surface area is 161 Å². The van der Waals surface area contributed by atoms with Crippen molar-refractivity contribution in [1.82, 2.24) is 14.5 Å². The van der Waals surface area contributed by atoms with Crippen LogP contribution in [0.15, 0.2) is 52.6 Å². The van der Waals surface area contributed by atoms with Gasteiger partial charge in [0, 0.05) is 24.6 Å². The van der Waals surface area contributed by atoms with Crippen LogP contribution in [0.5, 0.6) is 5.75 Å². The Hall–Kier alpha value is -2.55. The maximum absolute atomic E-state index is 13.2. The molecule has 0 aliphatic heterocycles. The van der Waals surface area contributed by atoms with Gasteiger partial charge in [-0.3, -0.25) is 0 Å². The maximum atomic E-state index is 13.2. The van der Waals surface area contributed by atoms with Crippen molar-refractivity contribution in [3.05, 3.63) is 42.9 Å². The maximum Gasteiger partial charge on any atom is 0.387 e. The Bertz CT molecular complexity index is 1080. The molecular weight excluding hydrogens is 388 g/mol. The van der Waals surface area contributed by atoms with Crippen LogP contribution in [0.3, 0.4) is 0 Å². The van der Waals surface area contributed by atoms with Gasteiger partial charge in [0.1, 0.15) is 16.2 Å². The molecule has 2 aromatic heterocycles. The summed E-state index contributed by atoms with van der Waals surface area (Å²) in [5, 5.41) is 0. The van der Waals surface area contributed by atoms with Crippen LogP contribution in [0.1, 0.15) is 38.1 Å². The third-order valence-electron chi connectivity index (χ3n) is 5.03. The number of rotatable bonds is 5. The monoisotopic (exact) mass is 407 g/mol. The molecule has 1 saturated carbocycles. The van der Waals surface area contributed by atoms with Gasteiger partial charge in [0.2, 0.25) is 9.84 Å². The lowest BCUT2D eigenvalue weighted by molar-refractivity contribution is -0.0498. The molecule has 9 heteroatoms. The van der Waals surface area contributed by atoms with Gasteiger partial charge in [-0.1, -0.05) is 19.3 Å². The number of hydrogen-bond acceptors (Lipinski definition) is 5. The van der Waals surface area contributed by atoms with Gasteiger partial charge in [0.25, 0.3) is 0 Å². The Morgan fingerprint density at radius 2 is 1.71 bits per heavy atom. The number of hydrogen-bond donors (Lipinski definition) is 0. The molecule has 3 aromatic rings. The van der Waals surface area contributed by atoms with E-state index in [0.29, 0.717) is 11.2 Å². The third kappa shape index (κ3) is 3.46.